The molecule has 3 heterocycles. The van der Waals surface area contributed by atoms with Gasteiger partial charge in [-0.15, -0.1) is 0 Å². The van der Waals surface area contributed by atoms with Gasteiger partial charge in [0.05, 0.1) is 29.7 Å². The minimum absolute atomic E-state index is 0.115. The van der Waals surface area contributed by atoms with E-state index in [0.29, 0.717) is 23.5 Å². The van der Waals surface area contributed by atoms with Crippen LogP contribution in [0.25, 0.3) is 38.9 Å². The van der Waals surface area contributed by atoms with Gasteiger partial charge in [0.25, 0.3) is 5.56 Å². The Labute approximate surface area is 218 Å². The van der Waals surface area contributed by atoms with Crippen LogP contribution >= 0.6 is 0 Å². The van der Waals surface area contributed by atoms with Gasteiger partial charge >= 0.3 is 0 Å². The average Bonchev–Trinajstić information content (AvgIpc) is 3.62. The van der Waals surface area contributed by atoms with Crippen LogP contribution in [-0.4, -0.2) is 36.2 Å². The quantitative estimate of drug-likeness (QED) is 0.243. The summed E-state index contributed by atoms with van der Waals surface area (Å²) in [7, 11) is 0. The van der Waals surface area contributed by atoms with E-state index >= 15 is 0 Å². The fourth-order valence-electron chi connectivity index (χ4n) is 4.81. The summed E-state index contributed by atoms with van der Waals surface area (Å²) in [5.74, 6) is 0.461. The van der Waals surface area contributed by atoms with E-state index in [1.165, 1.54) is 0 Å². The van der Waals surface area contributed by atoms with Crippen LogP contribution in [0.5, 0.6) is 0 Å². The van der Waals surface area contributed by atoms with Gasteiger partial charge < -0.3 is 25.0 Å². The van der Waals surface area contributed by atoms with Crippen molar-refractivity contribution in [1.29, 1.82) is 0 Å². The largest absolute Gasteiger partial charge is 0.392 e. The summed E-state index contributed by atoms with van der Waals surface area (Å²) in [5.41, 5.74) is 6.17. The normalized spacial score (nSPS) is 11.9. The van der Waals surface area contributed by atoms with Crippen molar-refractivity contribution in [2.75, 3.05) is 11.9 Å². The van der Waals surface area contributed by atoms with Crippen molar-refractivity contribution in [3.63, 3.8) is 0 Å². The molecule has 6 rings (SSSR count). The number of anilines is 1. The Balaban J connectivity index is 1.35. The van der Waals surface area contributed by atoms with E-state index in [4.69, 9.17) is 4.98 Å². The Kier molecular flexibility index (Phi) is 6.07. The molecule has 0 amide bonds. The van der Waals surface area contributed by atoms with Crippen LogP contribution in [0.2, 0.25) is 0 Å². The van der Waals surface area contributed by atoms with Gasteiger partial charge in [0, 0.05) is 30.5 Å². The topological polar surface area (TPSA) is 112 Å². The Bertz CT molecular complexity index is 1840. The summed E-state index contributed by atoms with van der Waals surface area (Å²) in [6.07, 6.45) is 9.29. The van der Waals surface area contributed by atoms with Gasteiger partial charge in [0.15, 0.2) is 0 Å². The molecule has 0 aliphatic heterocycles. The first-order valence-electron chi connectivity index (χ1n) is 12.3. The van der Waals surface area contributed by atoms with E-state index in [2.05, 4.69) is 44.5 Å². The van der Waals surface area contributed by atoms with Crippen LogP contribution in [0, 0.1) is 6.92 Å². The molecule has 3 aromatic carbocycles. The fraction of sp³-hybridized carbons (Fsp3) is 0.100. The molecule has 8 nitrogen and oxygen atoms in total. The van der Waals surface area contributed by atoms with Gasteiger partial charge in [0.1, 0.15) is 11.4 Å². The molecule has 0 saturated heterocycles. The van der Waals surface area contributed by atoms with E-state index in [-0.39, 0.29) is 12.2 Å². The van der Waals surface area contributed by atoms with Gasteiger partial charge in [-0.3, -0.25) is 4.79 Å². The minimum atomic E-state index is -0.269. The zero-order valence-electron chi connectivity index (χ0n) is 20.8. The second kappa shape index (κ2) is 9.84. The van der Waals surface area contributed by atoms with Crippen LogP contribution in [-0.2, 0) is 6.42 Å². The third-order valence-electron chi connectivity index (χ3n) is 6.69. The Morgan fingerprint density at radius 1 is 1.13 bits per heavy atom. The molecule has 0 radical (unpaired) electrons. The van der Waals surface area contributed by atoms with Crippen molar-refractivity contribution in [3.8, 4) is 17.1 Å². The fourth-order valence-corrected chi connectivity index (χ4v) is 4.81. The maximum absolute atomic E-state index is 13.0. The SMILES string of the molecule is Cc1cc(-n2ccnc2)cc2[nH]c(-c3c(NC=C(CO)Cc4cccc5ccccc45)cc[nH]c3=O)nc12. The highest BCUT2D eigenvalue weighted by atomic mass is 16.3. The molecular weight excluding hydrogens is 476 g/mol. The lowest BCUT2D eigenvalue weighted by molar-refractivity contribution is 0.328. The van der Waals surface area contributed by atoms with Crippen molar-refractivity contribution in [1.82, 2.24) is 24.5 Å². The summed E-state index contributed by atoms with van der Waals surface area (Å²) < 4.78 is 1.92. The Hall–Kier alpha value is -4.95. The smallest absolute Gasteiger partial charge is 0.261 e. The number of rotatable bonds is 7. The number of benzene rings is 3. The van der Waals surface area contributed by atoms with Gasteiger partial charge in [-0.1, -0.05) is 42.5 Å². The molecule has 0 spiro atoms. The summed E-state index contributed by atoms with van der Waals surface area (Å²) in [4.78, 5) is 27.9. The molecular formula is C30H26N6O2. The number of aromatic nitrogens is 5. The van der Waals surface area contributed by atoms with Gasteiger partial charge in [-0.05, 0) is 59.0 Å². The van der Waals surface area contributed by atoms with Gasteiger partial charge in [-0.2, -0.15) is 0 Å². The van der Waals surface area contributed by atoms with Crippen molar-refractivity contribution in [2.24, 2.45) is 0 Å². The lowest BCUT2D eigenvalue weighted by atomic mass is 9.99. The number of nitrogens with one attached hydrogen (secondary N) is 3. The van der Waals surface area contributed by atoms with E-state index in [1.54, 1.807) is 31.0 Å². The third kappa shape index (κ3) is 4.38. The van der Waals surface area contributed by atoms with Gasteiger partial charge in [0.2, 0.25) is 0 Å². The van der Waals surface area contributed by atoms with E-state index in [9.17, 15) is 9.90 Å². The monoisotopic (exact) mass is 502 g/mol. The zero-order chi connectivity index (χ0) is 26.1. The molecule has 188 valence electrons. The molecule has 0 unspecified atom stereocenters. The second-order valence-corrected chi connectivity index (χ2v) is 9.23. The number of pyridine rings is 1. The van der Waals surface area contributed by atoms with E-state index < -0.39 is 0 Å². The lowest BCUT2D eigenvalue weighted by Crippen LogP contribution is -2.12. The second-order valence-electron chi connectivity index (χ2n) is 9.23. The molecule has 4 N–H and O–H groups in total. The van der Waals surface area contributed by atoms with E-state index in [0.717, 1.165) is 44.2 Å². The third-order valence-corrected chi connectivity index (χ3v) is 6.69. The number of aromatic amines is 2. The number of aliphatic hydroxyl groups excluding tert-OH is 1. The maximum Gasteiger partial charge on any atom is 0.261 e. The predicted octanol–water partition coefficient (Wildman–Crippen LogP) is 5.10. The molecule has 0 aliphatic carbocycles. The Morgan fingerprint density at radius 3 is 2.84 bits per heavy atom. The molecule has 8 heteroatoms. The maximum atomic E-state index is 13.0. The number of fused-ring (bicyclic) bond motifs is 2. The standard InChI is InChI=1S/C30H26N6O2/c1-19-13-23(36-12-11-31-18-36)15-26-28(19)35-29(34-26)27-25(9-10-32-30(27)38)33-16-20(17-37)14-22-7-4-6-21-5-2-3-8-24(21)22/h2-13,15-16,18,37H,14,17H2,1H3,(H,34,35)(H2,32,33,38). The van der Waals surface area contributed by atoms with Crippen LogP contribution < -0.4 is 10.9 Å². The highest BCUT2D eigenvalue weighted by Crippen LogP contribution is 2.28. The number of hydrogen-bond donors (Lipinski definition) is 4. The molecule has 3 aromatic heterocycles. The minimum Gasteiger partial charge on any atom is -0.392 e. The predicted molar refractivity (Wildman–Crippen MR) is 150 cm³/mol. The molecule has 0 bridgehead atoms. The zero-order valence-corrected chi connectivity index (χ0v) is 20.8. The summed E-state index contributed by atoms with van der Waals surface area (Å²) in [5, 5.41) is 15.7. The number of H-pyrrole nitrogens is 2. The summed E-state index contributed by atoms with van der Waals surface area (Å²) >= 11 is 0. The van der Waals surface area contributed by atoms with E-state index in [1.807, 2.05) is 48.0 Å². The number of aryl methyl sites for hydroxylation is 1. The molecule has 38 heavy (non-hydrogen) atoms. The number of aliphatic hydroxyl groups is 1. The molecule has 0 atom stereocenters. The first kappa shape index (κ1) is 23.4. The molecule has 0 fully saturated rings. The number of imidazole rings is 2. The first-order valence-corrected chi connectivity index (χ1v) is 12.3. The van der Waals surface area contributed by atoms with Crippen molar-refractivity contribution >= 4 is 27.5 Å². The number of nitrogens with zero attached hydrogens (tertiary/aromatic N) is 3. The van der Waals surface area contributed by atoms with Crippen molar-refractivity contribution in [2.45, 2.75) is 13.3 Å². The summed E-state index contributed by atoms with van der Waals surface area (Å²) in [6, 6.07) is 20.2. The highest BCUT2D eigenvalue weighted by molar-refractivity contribution is 5.87. The average molecular weight is 503 g/mol. The van der Waals surface area contributed by atoms with Crippen molar-refractivity contribution in [3.05, 3.63) is 119 Å². The molecule has 0 aliphatic rings. The first-order chi connectivity index (χ1) is 18.6. The van der Waals surface area contributed by atoms with Crippen molar-refractivity contribution < 1.29 is 5.11 Å². The molecule has 0 saturated carbocycles. The molecule has 6 aromatic rings. The summed E-state index contributed by atoms with van der Waals surface area (Å²) in [6.45, 7) is 1.88. The lowest BCUT2D eigenvalue weighted by Gasteiger charge is -2.11. The van der Waals surface area contributed by atoms with Crippen LogP contribution in [0.4, 0.5) is 5.69 Å². The van der Waals surface area contributed by atoms with Gasteiger partial charge in [-0.25, -0.2) is 9.97 Å². The highest BCUT2D eigenvalue weighted by Gasteiger charge is 2.16. The van der Waals surface area contributed by atoms with Crippen LogP contribution in [0.1, 0.15) is 11.1 Å². The van der Waals surface area contributed by atoms with Crippen LogP contribution in [0.15, 0.2) is 102 Å². The Morgan fingerprint density at radius 2 is 2.00 bits per heavy atom. The number of hydrogen-bond acceptors (Lipinski definition) is 5. The van der Waals surface area contributed by atoms with Crippen LogP contribution in [0.3, 0.4) is 0 Å².